The molecule has 1 amide bonds. The quantitative estimate of drug-likeness (QED) is 0.557. The second-order valence-electron chi connectivity index (χ2n) is 9.47. The van der Waals surface area contributed by atoms with Crippen LogP contribution in [-0.2, 0) is 43.9 Å². The van der Waals surface area contributed by atoms with Crippen molar-refractivity contribution in [3.63, 3.8) is 0 Å². The van der Waals surface area contributed by atoms with Gasteiger partial charge in [-0.1, -0.05) is 36.4 Å². The number of benzene rings is 2. The molecule has 7 heteroatoms. The van der Waals surface area contributed by atoms with E-state index in [2.05, 4.69) is 29.3 Å². The molecule has 169 valence electrons. The van der Waals surface area contributed by atoms with Crippen molar-refractivity contribution in [2.75, 3.05) is 26.2 Å². The Bertz CT molecular complexity index is 916. The molecule has 32 heavy (non-hydrogen) atoms. The van der Waals surface area contributed by atoms with Gasteiger partial charge in [0.15, 0.2) is 0 Å². The molecule has 2 aliphatic heterocycles. The van der Waals surface area contributed by atoms with Crippen LogP contribution in [0.2, 0.25) is 0 Å². The van der Waals surface area contributed by atoms with Crippen molar-refractivity contribution < 1.29 is 46.6 Å². The van der Waals surface area contributed by atoms with Gasteiger partial charge in [0.05, 0.1) is 0 Å². The fourth-order valence-electron chi connectivity index (χ4n) is 4.40. The summed E-state index contributed by atoms with van der Waals surface area (Å²) < 4.78 is 19.0. The minimum Gasteiger partial charge on any atom is -0.593 e. The predicted molar refractivity (Wildman–Crippen MR) is 119 cm³/mol. The van der Waals surface area contributed by atoms with Crippen LogP contribution in [0.15, 0.2) is 48.5 Å². The van der Waals surface area contributed by atoms with Crippen LogP contribution in [0.4, 0.5) is 9.18 Å². The molecule has 0 unspecified atom stereocenters. The molecular weight excluding hydrogens is 482 g/mol. The Morgan fingerprint density at radius 3 is 2.56 bits per heavy atom. The molecule has 2 aromatic rings. The van der Waals surface area contributed by atoms with Gasteiger partial charge in [0.25, 0.3) is 0 Å². The summed E-state index contributed by atoms with van der Waals surface area (Å²) in [5.41, 5.74) is 8.08. The van der Waals surface area contributed by atoms with Crippen LogP contribution in [0.1, 0.15) is 49.9 Å². The molecule has 0 spiro atoms. The topological polar surface area (TPSA) is 46.9 Å². The molecular formula is C25H31FN3O2Y-. The first kappa shape index (κ1) is 25.3. The van der Waals surface area contributed by atoms with Crippen LogP contribution in [-0.4, -0.2) is 47.8 Å². The SMILES string of the molecule is CC(C)(C)OC(=O)N1CC[C@H](C[N-]N2CCc3ccccc3[C@@H]2c2ccc(F)cc2)C1.[Y]. The average Bonchev–Trinajstić information content (AvgIpc) is 3.21. The summed E-state index contributed by atoms with van der Waals surface area (Å²) in [6.07, 6.45) is 1.62. The first-order valence-electron chi connectivity index (χ1n) is 11.1. The van der Waals surface area contributed by atoms with Crippen molar-refractivity contribution >= 4 is 6.09 Å². The van der Waals surface area contributed by atoms with E-state index < -0.39 is 5.60 Å². The zero-order valence-corrected chi connectivity index (χ0v) is 22.0. The Hall–Kier alpha value is -1.34. The Morgan fingerprint density at radius 2 is 1.84 bits per heavy atom. The van der Waals surface area contributed by atoms with E-state index >= 15 is 0 Å². The molecule has 0 aliphatic carbocycles. The Morgan fingerprint density at radius 1 is 1.12 bits per heavy atom. The van der Waals surface area contributed by atoms with Crippen LogP contribution < -0.4 is 0 Å². The predicted octanol–water partition coefficient (Wildman–Crippen LogP) is 5.32. The Balaban J connectivity index is 0.00000289. The fraction of sp³-hybridized carbons (Fsp3) is 0.480. The monoisotopic (exact) mass is 513 g/mol. The summed E-state index contributed by atoms with van der Waals surface area (Å²) in [5, 5.41) is 2.14. The molecule has 2 aromatic carbocycles. The van der Waals surface area contributed by atoms with E-state index in [4.69, 9.17) is 10.2 Å². The largest absolute Gasteiger partial charge is 0.593 e. The molecule has 1 fully saturated rings. The summed E-state index contributed by atoms with van der Waals surface area (Å²) in [4.78, 5) is 14.1. The van der Waals surface area contributed by atoms with Gasteiger partial charge in [0.1, 0.15) is 11.4 Å². The van der Waals surface area contributed by atoms with Crippen LogP contribution in [0.3, 0.4) is 0 Å². The van der Waals surface area contributed by atoms with Crippen LogP contribution in [0, 0.1) is 11.7 Å². The number of nitrogens with zero attached hydrogens (tertiary/aromatic N) is 3. The molecule has 0 bridgehead atoms. The molecule has 4 rings (SSSR count). The van der Waals surface area contributed by atoms with Gasteiger partial charge >= 0.3 is 6.09 Å². The van der Waals surface area contributed by atoms with Gasteiger partial charge < -0.3 is 20.1 Å². The molecule has 2 aliphatic rings. The standard InChI is InChI=1S/C25H31FN3O2.Y/c1-25(2,3)31-24(30)28-14-12-18(17-28)16-27-29-15-13-19-6-4-5-7-22(19)23(29)20-8-10-21(26)11-9-20;/h4-11,18,23H,12-17H2,1-3H3;/q-1;/t18-,23+;/m1./s1. The molecule has 1 saturated heterocycles. The maximum atomic E-state index is 13.5. The zero-order chi connectivity index (χ0) is 22.0. The first-order valence-corrected chi connectivity index (χ1v) is 11.1. The van der Waals surface area contributed by atoms with Gasteiger partial charge in [-0.05, 0) is 74.9 Å². The Labute approximate surface area is 215 Å². The van der Waals surface area contributed by atoms with Gasteiger partial charge in [0, 0.05) is 51.8 Å². The molecule has 0 aromatic heterocycles. The van der Waals surface area contributed by atoms with Gasteiger partial charge in [-0.25, -0.2) is 9.18 Å². The number of carbonyl (C=O) groups excluding carboxylic acids is 1. The minimum atomic E-state index is -0.483. The second-order valence-corrected chi connectivity index (χ2v) is 9.47. The number of hydrogen-bond acceptors (Lipinski definition) is 3. The van der Waals surface area contributed by atoms with Crippen molar-refractivity contribution in [3.8, 4) is 0 Å². The van der Waals surface area contributed by atoms with E-state index in [1.54, 1.807) is 4.90 Å². The number of hydrogen-bond donors (Lipinski definition) is 0. The van der Waals surface area contributed by atoms with E-state index in [0.717, 1.165) is 24.9 Å². The van der Waals surface area contributed by atoms with Crippen molar-refractivity contribution in [1.82, 2.24) is 9.91 Å². The molecule has 1 radical (unpaired) electrons. The van der Waals surface area contributed by atoms with E-state index in [1.165, 1.54) is 23.3 Å². The smallest absolute Gasteiger partial charge is 0.410 e. The van der Waals surface area contributed by atoms with Crippen molar-refractivity contribution in [2.45, 2.75) is 45.3 Å². The fourth-order valence-corrected chi connectivity index (χ4v) is 4.40. The summed E-state index contributed by atoms with van der Waals surface area (Å²) in [6.45, 7) is 8.52. The summed E-state index contributed by atoms with van der Waals surface area (Å²) in [5.74, 6) is 0.0862. The summed E-state index contributed by atoms with van der Waals surface area (Å²) in [7, 11) is 0. The van der Waals surface area contributed by atoms with Gasteiger partial charge in [-0.3, -0.25) is 0 Å². The summed E-state index contributed by atoms with van der Waals surface area (Å²) >= 11 is 0. The third-order valence-electron chi connectivity index (χ3n) is 5.90. The average molecular weight is 513 g/mol. The zero-order valence-electron chi connectivity index (χ0n) is 19.1. The molecule has 5 nitrogen and oxygen atoms in total. The normalized spacial score (nSPS) is 21.1. The number of likely N-dealkylation sites (tertiary alicyclic amines) is 1. The van der Waals surface area contributed by atoms with Crippen LogP contribution >= 0.6 is 0 Å². The third-order valence-corrected chi connectivity index (χ3v) is 5.90. The number of fused-ring (bicyclic) bond motifs is 1. The van der Waals surface area contributed by atoms with Gasteiger partial charge in [0.2, 0.25) is 0 Å². The van der Waals surface area contributed by atoms with Crippen LogP contribution in [0.25, 0.3) is 5.43 Å². The van der Waals surface area contributed by atoms with E-state index in [9.17, 15) is 9.18 Å². The number of rotatable bonds is 4. The van der Waals surface area contributed by atoms with Crippen LogP contribution in [0.5, 0.6) is 0 Å². The third kappa shape index (κ3) is 6.16. The molecule has 2 atom stereocenters. The van der Waals surface area contributed by atoms with Gasteiger partial charge in [-0.2, -0.15) is 0 Å². The van der Waals surface area contributed by atoms with E-state index in [0.29, 0.717) is 25.6 Å². The number of carbonyl (C=O) groups is 1. The van der Waals surface area contributed by atoms with E-state index in [-0.39, 0.29) is 50.7 Å². The molecule has 2 heterocycles. The summed E-state index contributed by atoms with van der Waals surface area (Å²) in [6, 6.07) is 15.1. The maximum absolute atomic E-state index is 13.5. The second kappa shape index (κ2) is 10.7. The Kier molecular flexibility index (Phi) is 8.48. The van der Waals surface area contributed by atoms with Gasteiger partial charge in [-0.15, -0.1) is 6.54 Å². The van der Waals surface area contributed by atoms with E-state index in [1.807, 2.05) is 32.9 Å². The number of amides is 1. The van der Waals surface area contributed by atoms with Crippen molar-refractivity contribution in [3.05, 3.63) is 76.5 Å². The molecule has 0 N–H and O–H groups in total. The van der Waals surface area contributed by atoms with Crippen molar-refractivity contribution in [1.29, 1.82) is 0 Å². The maximum Gasteiger partial charge on any atom is 0.410 e. The number of halogens is 1. The van der Waals surface area contributed by atoms with Crippen molar-refractivity contribution in [2.24, 2.45) is 5.92 Å². The number of ether oxygens (including phenoxy) is 1. The molecule has 0 saturated carbocycles. The minimum absolute atomic E-state index is 0. The first-order chi connectivity index (χ1) is 14.8.